The molecule has 0 aliphatic rings. The molecule has 0 heterocycles. The number of nitrogens with one attached hydrogen (secondary N) is 1. The molecule has 5 heteroatoms. The van der Waals surface area contributed by atoms with E-state index in [1.807, 2.05) is 30.3 Å². The van der Waals surface area contributed by atoms with Crippen LogP contribution in [0.4, 0.5) is 13.2 Å². The van der Waals surface area contributed by atoms with E-state index in [0.29, 0.717) is 10.6 Å². The minimum absolute atomic E-state index is 0.207. The molecule has 0 fully saturated rings. The van der Waals surface area contributed by atoms with Gasteiger partial charge in [0.15, 0.2) is 0 Å². The van der Waals surface area contributed by atoms with Crippen LogP contribution in [-0.4, -0.2) is 7.05 Å². The molecule has 0 unspecified atom stereocenters. The van der Waals surface area contributed by atoms with E-state index in [4.69, 9.17) is 0 Å². The first kappa shape index (κ1) is 15.9. The summed E-state index contributed by atoms with van der Waals surface area (Å²) in [5.41, 5.74) is 0.805. The van der Waals surface area contributed by atoms with Crippen LogP contribution in [-0.2, 0) is 18.5 Å². The number of hydrogen-bond donors (Lipinski definition) is 1. The summed E-state index contributed by atoms with van der Waals surface area (Å²) < 4.78 is 39.2. The van der Waals surface area contributed by atoms with Crippen LogP contribution >= 0.6 is 11.8 Å². The fourth-order valence-corrected chi connectivity index (χ4v) is 2.89. The van der Waals surface area contributed by atoms with Crippen molar-refractivity contribution in [1.82, 2.24) is 5.32 Å². The molecule has 21 heavy (non-hydrogen) atoms. The Morgan fingerprint density at radius 1 is 1.05 bits per heavy atom. The Kier molecular flexibility index (Phi) is 5.31. The lowest BCUT2D eigenvalue weighted by molar-refractivity contribution is -0.138. The van der Waals surface area contributed by atoms with Crippen LogP contribution in [0.1, 0.15) is 16.7 Å². The molecule has 0 aliphatic carbocycles. The van der Waals surface area contributed by atoms with Gasteiger partial charge in [0.25, 0.3) is 0 Å². The van der Waals surface area contributed by atoms with Gasteiger partial charge in [-0.3, -0.25) is 0 Å². The Morgan fingerprint density at radius 3 is 2.38 bits per heavy atom. The summed E-state index contributed by atoms with van der Waals surface area (Å²) in [6.45, 7) is 0.207. The van der Waals surface area contributed by atoms with Gasteiger partial charge in [0, 0.05) is 17.2 Å². The van der Waals surface area contributed by atoms with E-state index in [0.717, 1.165) is 5.56 Å². The number of alkyl halides is 3. The lowest BCUT2D eigenvalue weighted by atomic mass is 10.1. The van der Waals surface area contributed by atoms with Crippen molar-refractivity contribution >= 4 is 11.8 Å². The largest absolute Gasteiger partial charge is 0.416 e. The van der Waals surface area contributed by atoms with Gasteiger partial charge < -0.3 is 5.32 Å². The molecular weight excluding hydrogens is 295 g/mol. The second-order valence-corrected chi connectivity index (χ2v) is 5.67. The van der Waals surface area contributed by atoms with Gasteiger partial charge in [-0.25, -0.2) is 0 Å². The number of thioether (sulfide) groups is 1. The van der Waals surface area contributed by atoms with Crippen molar-refractivity contribution in [3.05, 3.63) is 65.2 Å². The van der Waals surface area contributed by atoms with Crippen molar-refractivity contribution in [3.8, 4) is 0 Å². The number of rotatable bonds is 5. The first-order chi connectivity index (χ1) is 10.0. The second kappa shape index (κ2) is 7.00. The van der Waals surface area contributed by atoms with Gasteiger partial charge >= 0.3 is 6.18 Å². The Hall–Kier alpha value is -1.46. The lowest BCUT2D eigenvalue weighted by Gasteiger charge is -2.14. The standard InChI is InChI=1S/C16H16F3NS/c1-20-10-13-7-8-14(9-15(13)16(17,18)19)21-11-12-5-3-2-4-6-12/h2-9,20H,10-11H2,1H3. The third-order valence-electron chi connectivity index (χ3n) is 3.00. The van der Waals surface area contributed by atoms with Crippen LogP contribution in [0, 0.1) is 0 Å². The summed E-state index contributed by atoms with van der Waals surface area (Å²) in [5, 5.41) is 2.77. The highest BCUT2D eigenvalue weighted by Gasteiger charge is 2.33. The summed E-state index contributed by atoms with van der Waals surface area (Å²) in [7, 11) is 1.64. The van der Waals surface area contributed by atoms with Gasteiger partial charge in [0.2, 0.25) is 0 Å². The van der Waals surface area contributed by atoms with E-state index in [9.17, 15) is 13.2 Å². The molecule has 0 spiro atoms. The Labute approximate surface area is 126 Å². The van der Waals surface area contributed by atoms with E-state index in [1.54, 1.807) is 19.2 Å². The summed E-state index contributed by atoms with van der Waals surface area (Å²) in [5.74, 6) is 0.656. The van der Waals surface area contributed by atoms with Gasteiger partial charge in [-0.1, -0.05) is 36.4 Å². The maximum atomic E-state index is 13.1. The molecule has 0 saturated heterocycles. The Balaban J connectivity index is 2.17. The van der Waals surface area contributed by atoms with Crippen LogP contribution in [0.3, 0.4) is 0 Å². The SMILES string of the molecule is CNCc1ccc(SCc2ccccc2)cc1C(F)(F)F. The van der Waals surface area contributed by atoms with Gasteiger partial charge in [0.1, 0.15) is 0 Å². The van der Waals surface area contributed by atoms with E-state index < -0.39 is 11.7 Å². The number of benzene rings is 2. The molecule has 0 radical (unpaired) electrons. The first-order valence-electron chi connectivity index (χ1n) is 6.52. The topological polar surface area (TPSA) is 12.0 Å². The van der Waals surface area contributed by atoms with Crippen LogP contribution < -0.4 is 5.32 Å². The van der Waals surface area contributed by atoms with Gasteiger partial charge in [-0.05, 0) is 30.3 Å². The fraction of sp³-hybridized carbons (Fsp3) is 0.250. The smallest absolute Gasteiger partial charge is 0.316 e. The molecule has 0 atom stereocenters. The van der Waals surface area contributed by atoms with Crippen LogP contribution in [0.5, 0.6) is 0 Å². The predicted molar refractivity (Wildman–Crippen MR) is 80.2 cm³/mol. The van der Waals surface area contributed by atoms with Crippen molar-refractivity contribution in [2.75, 3.05) is 7.05 Å². The molecule has 0 aromatic heterocycles. The molecule has 2 aromatic rings. The molecule has 0 bridgehead atoms. The molecule has 2 aromatic carbocycles. The van der Waals surface area contributed by atoms with Crippen molar-refractivity contribution in [2.24, 2.45) is 0 Å². The van der Waals surface area contributed by atoms with Crippen molar-refractivity contribution in [1.29, 1.82) is 0 Å². The third kappa shape index (κ3) is 4.51. The summed E-state index contributed by atoms with van der Waals surface area (Å²) >= 11 is 1.41. The van der Waals surface area contributed by atoms with Crippen molar-refractivity contribution < 1.29 is 13.2 Å². The fourth-order valence-electron chi connectivity index (χ4n) is 1.99. The van der Waals surface area contributed by atoms with Crippen LogP contribution in [0.2, 0.25) is 0 Å². The molecule has 0 saturated carbocycles. The maximum absolute atomic E-state index is 13.1. The van der Waals surface area contributed by atoms with Crippen LogP contribution in [0.15, 0.2) is 53.4 Å². The zero-order valence-electron chi connectivity index (χ0n) is 11.6. The number of halogens is 3. The maximum Gasteiger partial charge on any atom is 0.416 e. The van der Waals surface area contributed by atoms with Crippen molar-refractivity contribution in [2.45, 2.75) is 23.4 Å². The highest BCUT2D eigenvalue weighted by Crippen LogP contribution is 2.35. The zero-order valence-corrected chi connectivity index (χ0v) is 12.4. The minimum atomic E-state index is -4.32. The summed E-state index contributed by atoms with van der Waals surface area (Å²) in [4.78, 5) is 0.631. The van der Waals surface area contributed by atoms with Gasteiger partial charge in [-0.2, -0.15) is 13.2 Å². The zero-order chi connectivity index (χ0) is 15.3. The average Bonchev–Trinajstić information content (AvgIpc) is 2.46. The minimum Gasteiger partial charge on any atom is -0.316 e. The van der Waals surface area contributed by atoms with Crippen molar-refractivity contribution in [3.63, 3.8) is 0 Å². The highest BCUT2D eigenvalue weighted by atomic mass is 32.2. The van der Waals surface area contributed by atoms with E-state index in [-0.39, 0.29) is 12.1 Å². The van der Waals surface area contributed by atoms with E-state index in [1.165, 1.54) is 17.8 Å². The molecular formula is C16H16F3NS. The average molecular weight is 311 g/mol. The molecule has 0 aliphatic heterocycles. The van der Waals surface area contributed by atoms with Crippen LogP contribution in [0.25, 0.3) is 0 Å². The normalized spacial score (nSPS) is 11.6. The number of hydrogen-bond acceptors (Lipinski definition) is 2. The quantitative estimate of drug-likeness (QED) is 0.802. The Bertz CT molecular complexity index is 582. The predicted octanol–water partition coefficient (Wildman–Crippen LogP) is 4.72. The third-order valence-corrected chi connectivity index (χ3v) is 4.07. The molecule has 112 valence electrons. The summed E-state index contributed by atoms with van der Waals surface area (Å²) in [6, 6.07) is 14.2. The first-order valence-corrected chi connectivity index (χ1v) is 7.50. The molecule has 1 N–H and O–H groups in total. The van der Waals surface area contributed by atoms with E-state index in [2.05, 4.69) is 5.32 Å². The van der Waals surface area contributed by atoms with Gasteiger partial charge in [-0.15, -0.1) is 11.8 Å². The Morgan fingerprint density at radius 2 is 1.76 bits per heavy atom. The molecule has 2 rings (SSSR count). The second-order valence-electron chi connectivity index (χ2n) is 4.62. The van der Waals surface area contributed by atoms with E-state index >= 15 is 0 Å². The molecule has 0 amide bonds. The highest BCUT2D eigenvalue weighted by molar-refractivity contribution is 7.98. The summed E-state index contributed by atoms with van der Waals surface area (Å²) in [6.07, 6.45) is -4.32. The monoisotopic (exact) mass is 311 g/mol. The molecule has 1 nitrogen and oxygen atoms in total. The van der Waals surface area contributed by atoms with Gasteiger partial charge in [0.05, 0.1) is 5.56 Å². The lowest BCUT2D eigenvalue weighted by Crippen LogP contribution is -2.14.